The number of aromatic nitrogens is 5. The third-order valence-electron chi connectivity index (χ3n) is 8.08. The number of carbonyl (C=O) groups is 3. The zero-order valence-corrected chi connectivity index (χ0v) is 26.5. The maximum absolute atomic E-state index is 13.2. The number of H-pyrrole nitrogens is 3. The molecule has 12 heteroatoms. The van der Waals surface area contributed by atoms with Crippen LogP contribution in [0, 0.1) is 0 Å². The van der Waals surface area contributed by atoms with Gasteiger partial charge in [0.15, 0.2) is 6.61 Å². The van der Waals surface area contributed by atoms with Crippen molar-refractivity contribution in [3.05, 3.63) is 113 Å². The molecule has 0 saturated heterocycles. The van der Waals surface area contributed by atoms with Gasteiger partial charge in [-0.15, -0.1) is 0 Å². The van der Waals surface area contributed by atoms with Crippen molar-refractivity contribution in [1.29, 1.82) is 0 Å². The van der Waals surface area contributed by atoms with Crippen molar-refractivity contribution in [2.45, 2.75) is 6.54 Å². The lowest BCUT2D eigenvalue weighted by Crippen LogP contribution is -2.28. The van der Waals surface area contributed by atoms with Gasteiger partial charge in [0.1, 0.15) is 16.9 Å². The van der Waals surface area contributed by atoms with Gasteiger partial charge in [-0.3, -0.25) is 9.78 Å². The van der Waals surface area contributed by atoms with Crippen LogP contribution in [-0.2, 0) is 20.8 Å². The van der Waals surface area contributed by atoms with E-state index in [9.17, 15) is 14.4 Å². The van der Waals surface area contributed by atoms with Crippen LogP contribution in [0.5, 0.6) is 5.75 Å². The summed E-state index contributed by atoms with van der Waals surface area (Å²) in [5, 5.41) is 2.85. The molecule has 0 aliphatic carbocycles. The molecule has 6 aromatic rings. The fourth-order valence-electron chi connectivity index (χ4n) is 5.76. The minimum atomic E-state index is -0.569. The largest absolute Gasteiger partial charge is 0.483 e. The van der Waals surface area contributed by atoms with E-state index < -0.39 is 11.9 Å². The summed E-state index contributed by atoms with van der Waals surface area (Å²) < 4.78 is 16.5. The van der Waals surface area contributed by atoms with Crippen LogP contribution >= 0.6 is 0 Å². The Hall–Kier alpha value is -6.69. The number of amides is 1. The Morgan fingerprint density at radius 1 is 0.694 bits per heavy atom. The topological polar surface area (TPSA) is 164 Å². The molecule has 7 rings (SSSR count). The van der Waals surface area contributed by atoms with Crippen molar-refractivity contribution < 1.29 is 28.6 Å². The average molecular weight is 655 g/mol. The molecule has 0 spiro atoms. The Balaban J connectivity index is 1.44. The second-order valence-corrected chi connectivity index (χ2v) is 11.1. The first kappa shape index (κ1) is 30.9. The standard InChI is InChI=1S/C37H30N6O6/c1-47-36(45)34-27-11-9-23(40-27)24-10-12-28(41-24)35(37(46)48-2)30-16-14-26(43-30)33(25-13-15-29(34)42-25)22-7-3-4-8-31(22)49-20-32(44)39-19-21-6-5-17-38-18-21/h3-18,40-42H,19-20H2,1-2H3,(H,39,44). The molecule has 1 amide bonds. The van der Waals surface area contributed by atoms with E-state index in [1.165, 1.54) is 14.2 Å². The zero-order chi connectivity index (χ0) is 33.9. The molecule has 0 saturated carbocycles. The minimum Gasteiger partial charge on any atom is -0.483 e. The van der Waals surface area contributed by atoms with Crippen LogP contribution in [0.15, 0.2) is 85.2 Å². The maximum atomic E-state index is 13.2. The van der Waals surface area contributed by atoms with Gasteiger partial charge in [-0.25, -0.2) is 14.6 Å². The van der Waals surface area contributed by atoms with Gasteiger partial charge in [-0.1, -0.05) is 24.3 Å². The molecule has 244 valence electrons. The van der Waals surface area contributed by atoms with Crippen molar-refractivity contribution in [1.82, 2.24) is 30.2 Å². The second kappa shape index (κ2) is 13.2. The van der Waals surface area contributed by atoms with E-state index in [2.05, 4.69) is 25.3 Å². The molecule has 0 fully saturated rings. The number of ether oxygens (including phenoxy) is 3. The lowest BCUT2D eigenvalue weighted by atomic mass is 10.0. The molecule has 0 unspecified atom stereocenters. The van der Waals surface area contributed by atoms with E-state index in [-0.39, 0.29) is 23.6 Å². The number of benzene rings is 1. The van der Waals surface area contributed by atoms with Gasteiger partial charge in [-0.2, -0.15) is 0 Å². The van der Waals surface area contributed by atoms with Crippen LogP contribution in [0.25, 0.3) is 56.4 Å². The van der Waals surface area contributed by atoms with Crippen LogP contribution in [0.1, 0.15) is 37.7 Å². The zero-order valence-electron chi connectivity index (χ0n) is 26.5. The maximum Gasteiger partial charge on any atom is 0.342 e. The number of methoxy groups -OCH3 is 2. The lowest BCUT2D eigenvalue weighted by Gasteiger charge is -2.13. The first-order chi connectivity index (χ1) is 23.9. The van der Waals surface area contributed by atoms with Crippen LogP contribution in [0.4, 0.5) is 0 Å². The number of rotatable bonds is 8. The van der Waals surface area contributed by atoms with E-state index in [0.29, 0.717) is 67.9 Å². The van der Waals surface area contributed by atoms with E-state index in [0.717, 1.165) is 5.56 Å². The third-order valence-corrected chi connectivity index (χ3v) is 8.08. The molecule has 1 aromatic carbocycles. The fraction of sp³-hybridized carbons (Fsp3) is 0.108. The molecular weight excluding hydrogens is 624 g/mol. The molecule has 12 nitrogen and oxygen atoms in total. The Morgan fingerprint density at radius 2 is 1.31 bits per heavy atom. The molecule has 5 aromatic heterocycles. The van der Waals surface area contributed by atoms with Gasteiger partial charge in [0.25, 0.3) is 5.91 Å². The van der Waals surface area contributed by atoms with E-state index in [1.807, 2.05) is 36.4 Å². The number of nitrogens with one attached hydrogen (secondary N) is 4. The summed E-state index contributed by atoms with van der Waals surface area (Å²) in [7, 11) is 2.64. The molecule has 0 atom stereocenters. The Bertz CT molecular complexity index is 2390. The van der Waals surface area contributed by atoms with E-state index in [4.69, 9.17) is 19.2 Å². The van der Waals surface area contributed by atoms with Crippen LogP contribution < -0.4 is 10.1 Å². The Morgan fingerprint density at radius 3 is 2.00 bits per heavy atom. The SMILES string of the molecule is COC(=O)c1c2nc(c(-c3ccccc3OCC(=O)NCc3cccnc3)c3ccc([nH]3)c(C(=O)OC)c3ccc([nH]3)c3ccc1[nH]3)C=C2. The number of fused-ring (bicyclic) bond motifs is 9. The first-order valence-electron chi connectivity index (χ1n) is 15.3. The lowest BCUT2D eigenvalue weighted by molar-refractivity contribution is -0.123. The Labute approximate surface area is 279 Å². The summed E-state index contributed by atoms with van der Waals surface area (Å²) in [6.07, 6.45) is 6.89. The first-order valence-corrected chi connectivity index (χ1v) is 15.3. The molecule has 0 radical (unpaired) electrons. The van der Waals surface area contributed by atoms with Gasteiger partial charge in [0, 0.05) is 35.6 Å². The smallest absolute Gasteiger partial charge is 0.342 e. The van der Waals surface area contributed by atoms with E-state index in [1.54, 1.807) is 60.9 Å². The minimum absolute atomic E-state index is 0.241. The van der Waals surface area contributed by atoms with Gasteiger partial charge >= 0.3 is 11.9 Å². The number of nitrogens with zero attached hydrogens (tertiary/aromatic N) is 2. The molecule has 8 bridgehead atoms. The van der Waals surface area contributed by atoms with Crippen molar-refractivity contribution in [2.75, 3.05) is 20.8 Å². The number of pyridine rings is 1. The molecule has 49 heavy (non-hydrogen) atoms. The highest BCUT2D eigenvalue weighted by Crippen LogP contribution is 2.37. The van der Waals surface area contributed by atoms with Gasteiger partial charge in [-0.05, 0) is 66.2 Å². The van der Waals surface area contributed by atoms with Crippen molar-refractivity contribution in [3.63, 3.8) is 0 Å². The molecule has 1 aliphatic rings. The summed E-state index contributed by atoms with van der Waals surface area (Å²) in [4.78, 5) is 58.2. The molecule has 6 heterocycles. The summed E-state index contributed by atoms with van der Waals surface area (Å²) in [5.74, 6) is -1.01. The summed E-state index contributed by atoms with van der Waals surface area (Å²) in [6.45, 7) is 0.0637. The molecule has 4 N–H and O–H groups in total. The predicted octanol–water partition coefficient (Wildman–Crippen LogP) is 6.03. The highest BCUT2D eigenvalue weighted by atomic mass is 16.5. The highest BCUT2D eigenvalue weighted by Gasteiger charge is 2.21. The molecular formula is C37H30N6O6. The Kier molecular flexibility index (Phi) is 8.33. The molecule has 1 aliphatic heterocycles. The van der Waals surface area contributed by atoms with Crippen molar-refractivity contribution >= 4 is 63.1 Å². The number of para-hydroxylation sites is 1. The van der Waals surface area contributed by atoms with Gasteiger partial charge < -0.3 is 34.5 Å². The number of hydrogen-bond acceptors (Lipinski definition) is 8. The normalized spacial score (nSPS) is 11.4. The summed E-state index contributed by atoms with van der Waals surface area (Å²) >= 11 is 0. The number of carbonyl (C=O) groups excluding carboxylic acids is 3. The predicted molar refractivity (Wildman–Crippen MR) is 185 cm³/mol. The van der Waals surface area contributed by atoms with E-state index >= 15 is 0 Å². The quantitative estimate of drug-likeness (QED) is 0.144. The number of aromatic amines is 3. The number of esters is 2. The van der Waals surface area contributed by atoms with Gasteiger partial charge in [0.2, 0.25) is 0 Å². The second-order valence-electron chi connectivity index (χ2n) is 11.1. The number of hydrogen-bond donors (Lipinski definition) is 4. The summed E-state index contributed by atoms with van der Waals surface area (Å²) in [5.41, 5.74) is 6.99. The summed E-state index contributed by atoms with van der Waals surface area (Å²) in [6, 6.07) is 21.8. The van der Waals surface area contributed by atoms with Crippen molar-refractivity contribution in [3.8, 4) is 16.9 Å². The van der Waals surface area contributed by atoms with Crippen molar-refractivity contribution in [2.24, 2.45) is 0 Å². The van der Waals surface area contributed by atoms with Crippen LogP contribution in [-0.4, -0.2) is 63.6 Å². The van der Waals surface area contributed by atoms with Crippen LogP contribution in [0.2, 0.25) is 0 Å². The highest BCUT2D eigenvalue weighted by molar-refractivity contribution is 6.06. The monoisotopic (exact) mass is 654 g/mol. The van der Waals surface area contributed by atoms with Crippen LogP contribution in [0.3, 0.4) is 0 Å². The average Bonchev–Trinajstić information content (AvgIpc) is 3.96. The fourth-order valence-corrected chi connectivity index (χ4v) is 5.76. The third kappa shape index (κ3) is 6.10. The van der Waals surface area contributed by atoms with Gasteiger partial charge in [0.05, 0.1) is 53.2 Å².